The summed E-state index contributed by atoms with van der Waals surface area (Å²) in [6.45, 7) is 0.112. The maximum Gasteiger partial charge on any atom is 0.281 e. The van der Waals surface area contributed by atoms with Crippen molar-refractivity contribution in [3.05, 3.63) is 30.3 Å². The Kier molecular flexibility index (Phi) is 4.60. The van der Waals surface area contributed by atoms with Crippen LogP contribution in [-0.2, 0) is 9.47 Å². The van der Waals surface area contributed by atoms with Crippen LogP contribution in [0.3, 0.4) is 0 Å². The van der Waals surface area contributed by atoms with Crippen molar-refractivity contribution in [1.29, 1.82) is 0 Å². The predicted octanol–water partition coefficient (Wildman–Crippen LogP) is 2.21. The number of hydrogen-bond acceptors (Lipinski definition) is 3. The number of alkyl halides is 1. The monoisotopic (exact) mass is 202 g/mol. The third-order valence-corrected chi connectivity index (χ3v) is 1.50. The molecule has 1 rings (SSSR count). The molecule has 0 spiro atoms. The molecule has 13 heavy (non-hydrogen) atoms. The van der Waals surface area contributed by atoms with Crippen molar-refractivity contribution >= 4 is 11.6 Å². The summed E-state index contributed by atoms with van der Waals surface area (Å²) >= 11 is 5.67. The third kappa shape index (κ3) is 4.12. The molecule has 0 amide bonds. The molecule has 0 aliphatic carbocycles. The van der Waals surface area contributed by atoms with E-state index in [0.29, 0.717) is 5.75 Å². The molecule has 1 unspecified atom stereocenters. The van der Waals surface area contributed by atoms with Gasteiger partial charge in [-0.15, -0.1) is 0 Å². The highest BCUT2D eigenvalue weighted by Crippen LogP contribution is 2.13. The summed E-state index contributed by atoms with van der Waals surface area (Å²) in [4.78, 5) is 0. The van der Waals surface area contributed by atoms with Crippen LogP contribution in [0.5, 0.6) is 5.75 Å². The van der Waals surface area contributed by atoms with Gasteiger partial charge in [0.2, 0.25) is 0 Å². The molecule has 4 heteroatoms. The van der Waals surface area contributed by atoms with Gasteiger partial charge >= 0.3 is 0 Å². The minimum atomic E-state index is -0.817. The first-order valence-electron chi connectivity index (χ1n) is 3.79. The lowest BCUT2D eigenvalue weighted by Crippen LogP contribution is -2.14. The Hall–Kier alpha value is -0.770. The van der Waals surface area contributed by atoms with Crippen LogP contribution in [0.1, 0.15) is 0 Å². The number of benzene rings is 1. The van der Waals surface area contributed by atoms with Crippen LogP contribution < -0.4 is 4.74 Å². The second-order valence-electron chi connectivity index (χ2n) is 2.28. The first kappa shape index (κ1) is 10.3. The van der Waals surface area contributed by atoms with E-state index in [2.05, 4.69) is 4.74 Å². The lowest BCUT2D eigenvalue weighted by atomic mass is 10.3. The summed E-state index contributed by atoms with van der Waals surface area (Å²) < 4.78 is 14.8. The molecule has 0 aliphatic heterocycles. The summed E-state index contributed by atoms with van der Waals surface area (Å²) in [7, 11) is 1.52. The van der Waals surface area contributed by atoms with Gasteiger partial charge in [-0.3, -0.25) is 0 Å². The Morgan fingerprint density at radius 2 is 2.00 bits per heavy atom. The molecular weight excluding hydrogens is 192 g/mol. The zero-order valence-corrected chi connectivity index (χ0v) is 8.03. The lowest BCUT2D eigenvalue weighted by molar-refractivity contribution is -0.107. The van der Waals surface area contributed by atoms with Crippen molar-refractivity contribution in [3.63, 3.8) is 0 Å². The topological polar surface area (TPSA) is 27.7 Å². The number of para-hydroxylation sites is 1. The van der Waals surface area contributed by atoms with Gasteiger partial charge in [0.05, 0.1) is 0 Å². The van der Waals surface area contributed by atoms with E-state index in [1.807, 2.05) is 18.2 Å². The smallest absolute Gasteiger partial charge is 0.281 e. The molecular formula is C9H11ClO3. The van der Waals surface area contributed by atoms with E-state index in [1.165, 1.54) is 7.11 Å². The van der Waals surface area contributed by atoms with Crippen molar-refractivity contribution in [3.8, 4) is 5.75 Å². The summed E-state index contributed by atoms with van der Waals surface area (Å²) in [6, 6.07) is 9.20. The van der Waals surface area contributed by atoms with Crippen LogP contribution in [0.2, 0.25) is 0 Å². The first-order chi connectivity index (χ1) is 6.33. The quantitative estimate of drug-likeness (QED) is 0.541. The zero-order chi connectivity index (χ0) is 9.52. The average Bonchev–Trinajstić information content (AvgIpc) is 2.16. The summed E-state index contributed by atoms with van der Waals surface area (Å²) in [5.41, 5.74) is 0. The molecule has 0 fully saturated rings. The first-order valence-corrected chi connectivity index (χ1v) is 4.23. The molecule has 72 valence electrons. The standard InChI is InChI=1S/C9H11ClO3/c1-11-7-12-9(10)13-8-5-3-2-4-6-8/h2-6,9H,7H2,1H3. The van der Waals surface area contributed by atoms with Gasteiger partial charge in [-0.25, -0.2) is 0 Å². The van der Waals surface area contributed by atoms with Gasteiger partial charge in [0.25, 0.3) is 5.75 Å². The summed E-state index contributed by atoms with van der Waals surface area (Å²) in [6.07, 6.45) is 0. The normalized spacial score (nSPS) is 12.5. The molecule has 0 aliphatic rings. The van der Waals surface area contributed by atoms with E-state index in [1.54, 1.807) is 12.1 Å². The van der Waals surface area contributed by atoms with Crippen LogP contribution >= 0.6 is 11.6 Å². The average molecular weight is 203 g/mol. The van der Waals surface area contributed by atoms with Gasteiger partial charge in [-0.2, -0.15) is 0 Å². The van der Waals surface area contributed by atoms with E-state index in [-0.39, 0.29) is 6.79 Å². The molecule has 0 saturated carbocycles. The van der Waals surface area contributed by atoms with E-state index in [9.17, 15) is 0 Å². The van der Waals surface area contributed by atoms with E-state index in [4.69, 9.17) is 21.1 Å². The van der Waals surface area contributed by atoms with Crippen molar-refractivity contribution < 1.29 is 14.2 Å². The Morgan fingerprint density at radius 1 is 1.31 bits per heavy atom. The van der Waals surface area contributed by atoms with Crippen molar-refractivity contribution in [1.82, 2.24) is 0 Å². The molecule has 0 aromatic heterocycles. The number of rotatable bonds is 5. The zero-order valence-electron chi connectivity index (χ0n) is 7.27. The van der Waals surface area contributed by atoms with Crippen molar-refractivity contribution in [2.45, 2.75) is 5.75 Å². The number of ether oxygens (including phenoxy) is 3. The number of halogens is 1. The SMILES string of the molecule is COCOC(Cl)Oc1ccccc1. The van der Waals surface area contributed by atoms with E-state index < -0.39 is 5.75 Å². The fraction of sp³-hybridized carbons (Fsp3) is 0.333. The maximum atomic E-state index is 5.67. The summed E-state index contributed by atoms with van der Waals surface area (Å²) in [5.74, 6) is -0.152. The van der Waals surface area contributed by atoms with Gasteiger partial charge in [0, 0.05) is 7.11 Å². The van der Waals surface area contributed by atoms with Crippen LogP contribution in [0, 0.1) is 0 Å². The Labute approximate surface area is 82.2 Å². The highest BCUT2D eigenvalue weighted by molar-refractivity contribution is 6.18. The maximum absolute atomic E-state index is 5.67. The van der Waals surface area contributed by atoms with Crippen LogP contribution in [0.15, 0.2) is 30.3 Å². The van der Waals surface area contributed by atoms with Gasteiger partial charge in [-0.05, 0) is 23.7 Å². The van der Waals surface area contributed by atoms with Gasteiger partial charge in [-0.1, -0.05) is 18.2 Å². The molecule has 0 bridgehead atoms. The molecule has 1 aromatic rings. The highest BCUT2D eigenvalue weighted by Gasteiger charge is 2.04. The molecule has 0 N–H and O–H groups in total. The predicted molar refractivity (Wildman–Crippen MR) is 49.7 cm³/mol. The Morgan fingerprint density at radius 3 is 2.62 bits per heavy atom. The third-order valence-electron chi connectivity index (χ3n) is 1.29. The van der Waals surface area contributed by atoms with E-state index >= 15 is 0 Å². The second kappa shape index (κ2) is 5.80. The van der Waals surface area contributed by atoms with Gasteiger partial charge < -0.3 is 14.2 Å². The molecule has 3 nitrogen and oxygen atoms in total. The Bertz CT molecular complexity index is 228. The molecule has 0 saturated heterocycles. The fourth-order valence-corrected chi connectivity index (χ4v) is 0.916. The van der Waals surface area contributed by atoms with E-state index in [0.717, 1.165) is 0 Å². The second-order valence-corrected chi connectivity index (χ2v) is 2.63. The van der Waals surface area contributed by atoms with Gasteiger partial charge in [0.15, 0.2) is 6.79 Å². The number of hydrogen-bond donors (Lipinski definition) is 0. The molecule has 0 radical (unpaired) electrons. The largest absolute Gasteiger partial charge is 0.451 e. The lowest BCUT2D eigenvalue weighted by Gasteiger charge is -2.12. The van der Waals surface area contributed by atoms with Crippen molar-refractivity contribution in [2.24, 2.45) is 0 Å². The van der Waals surface area contributed by atoms with Crippen LogP contribution in [-0.4, -0.2) is 19.7 Å². The molecule has 1 atom stereocenters. The Balaban J connectivity index is 2.32. The molecule has 0 heterocycles. The fourth-order valence-electron chi connectivity index (χ4n) is 0.762. The van der Waals surface area contributed by atoms with Crippen molar-refractivity contribution in [2.75, 3.05) is 13.9 Å². The minimum absolute atomic E-state index is 0.112. The summed E-state index contributed by atoms with van der Waals surface area (Å²) in [5, 5.41) is 0. The highest BCUT2D eigenvalue weighted by atomic mass is 35.5. The minimum Gasteiger partial charge on any atom is -0.451 e. The van der Waals surface area contributed by atoms with Crippen LogP contribution in [0.4, 0.5) is 0 Å². The molecule has 1 aromatic carbocycles. The van der Waals surface area contributed by atoms with Crippen LogP contribution in [0.25, 0.3) is 0 Å². The van der Waals surface area contributed by atoms with Gasteiger partial charge in [0.1, 0.15) is 5.75 Å². The number of methoxy groups -OCH3 is 1.